The Morgan fingerprint density at radius 1 is 1.24 bits per heavy atom. The summed E-state index contributed by atoms with van der Waals surface area (Å²) in [5, 5.41) is 24.4. The molecule has 0 saturated carbocycles. The number of hydrazone groups is 1. The van der Waals surface area contributed by atoms with Crippen LogP contribution in [0.25, 0.3) is 0 Å². The zero-order valence-corrected chi connectivity index (χ0v) is 14.6. The molecule has 0 N–H and O–H groups in total. The van der Waals surface area contributed by atoms with Gasteiger partial charge >= 0.3 is 0 Å². The minimum atomic E-state index is -0.817. The average molecular weight is 402 g/mol. The lowest BCUT2D eigenvalue weighted by Gasteiger charge is -2.11. The second-order valence-corrected chi connectivity index (χ2v) is 6.09. The number of hydrogen-bond acceptors (Lipinski definition) is 6. The van der Waals surface area contributed by atoms with Crippen molar-refractivity contribution in [2.75, 3.05) is 5.01 Å². The van der Waals surface area contributed by atoms with Gasteiger partial charge < -0.3 is 0 Å². The number of azo groups is 1. The normalized spacial score (nSPS) is 17.2. The van der Waals surface area contributed by atoms with Gasteiger partial charge in [0.2, 0.25) is 0 Å². The molecule has 25 heavy (non-hydrogen) atoms. The van der Waals surface area contributed by atoms with Gasteiger partial charge in [-0.1, -0.05) is 18.2 Å². The Hall–Kier alpha value is -2.94. The van der Waals surface area contributed by atoms with Crippen molar-refractivity contribution < 1.29 is 9.72 Å². The Kier molecular flexibility index (Phi) is 4.66. The van der Waals surface area contributed by atoms with Gasteiger partial charge in [0.15, 0.2) is 6.04 Å². The van der Waals surface area contributed by atoms with Crippen molar-refractivity contribution in [1.82, 2.24) is 0 Å². The standard InChI is InChI=1S/C16H12BrN5O3/c1-10-15(16(23)21(20-10)11-5-3-2-4-6-11)19-18-14-8-7-12(22(24)25)9-13(14)17/h2-9,15H,1H3/t15-/m0/s1. The molecule has 9 heteroatoms. The first-order valence-electron chi connectivity index (χ1n) is 7.26. The molecule has 3 rings (SSSR count). The summed E-state index contributed by atoms with van der Waals surface area (Å²) in [6.07, 6.45) is 0. The minimum absolute atomic E-state index is 0.0595. The van der Waals surface area contributed by atoms with Gasteiger partial charge in [-0.2, -0.15) is 20.3 Å². The zero-order valence-electron chi connectivity index (χ0n) is 13.0. The van der Waals surface area contributed by atoms with Crippen molar-refractivity contribution in [2.24, 2.45) is 15.3 Å². The first-order chi connectivity index (χ1) is 12.0. The highest BCUT2D eigenvalue weighted by molar-refractivity contribution is 9.10. The van der Waals surface area contributed by atoms with E-state index >= 15 is 0 Å². The molecule has 0 spiro atoms. The monoisotopic (exact) mass is 401 g/mol. The van der Waals surface area contributed by atoms with E-state index < -0.39 is 11.0 Å². The molecule has 0 radical (unpaired) electrons. The van der Waals surface area contributed by atoms with E-state index in [0.29, 0.717) is 21.6 Å². The second-order valence-electron chi connectivity index (χ2n) is 5.24. The van der Waals surface area contributed by atoms with Gasteiger partial charge in [0.1, 0.15) is 0 Å². The third kappa shape index (κ3) is 3.45. The van der Waals surface area contributed by atoms with Crippen LogP contribution >= 0.6 is 15.9 Å². The number of carbonyl (C=O) groups is 1. The van der Waals surface area contributed by atoms with Crippen LogP contribution < -0.4 is 5.01 Å². The number of rotatable bonds is 4. The molecule has 126 valence electrons. The molecule has 1 aliphatic rings. The predicted octanol–water partition coefficient (Wildman–Crippen LogP) is 4.23. The number of nitro benzene ring substituents is 1. The fourth-order valence-electron chi connectivity index (χ4n) is 2.25. The van der Waals surface area contributed by atoms with E-state index in [1.807, 2.05) is 18.2 Å². The van der Waals surface area contributed by atoms with Crippen molar-refractivity contribution in [3.05, 3.63) is 63.1 Å². The molecular formula is C16H12BrN5O3. The highest BCUT2D eigenvalue weighted by Crippen LogP contribution is 2.30. The van der Waals surface area contributed by atoms with Crippen molar-refractivity contribution in [2.45, 2.75) is 13.0 Å². The van der Waals surface area contributed by atoms with Gasteiger partial charge in [0.25, 0.3) is 11.6 Å². The Bertz CT molecular complexity index is 898. The minimum Gasteiger partial charge on any atom is -0.269 e. The van der Waals surface area contributed by atoms with Crippen LogP contribution in [-0.4, -0.2) is 22.6 Å². The summed E-state index contributed by atoms with van der Waals surface area (Å²) < 4.78 is 0.422. The quantitative estimate of drug-likeness (QED) is 0.435. The van der Waals surface area contributed by atoms with E-state index in [2.05, 4.69) is 31.3 Å². The molecule has 2 aromatic carbocycles. The fraction of sp³-hybridized carbons (Fsp3) is 0.125. The number of non-ortho nitro benzene ring substituents is 1. The molecular weight excluding hydrogens is 390 g/mol. The van der Waals surface area contributed by atoms with Crippen LogP contribution in [0.15, 0.2) is 68.3 Å². The number of anilines is 1. The van der Waals surface area contributed by atoms with Gasteiger partial charge in [-0.05, 0) is 41.1 Å². The maximum absolute atomic E-state index is 12.5. The number of halogens is 1. The van der Waals surface area contributed by atoms with Crippen LogP contribution in [0.4, 0.5) is 17.1 Å². The first-order valence-corrected chi connectivity index (χ1v) is 8.05. The molecule has 0 aliphatic carbocycles. The summed E-state index contributed by atoms with van der Waals surface area (Å²) in [6, 6.07) is 12.3. The summed E-state index contributed by atoms with van der Waals surface area (Å²) in [5.74, 6) is -0.300. The molecule has 1 heterocycles. The van der Waals surface area contributed by atoms with Crippen LogP contribution in [-0.2, 0) is 4.79 Å². The maximum Gasteiger partial charge on any atom is 0.280 e. The number of carbonyl (C=O) groups excluding carboxylic acids is 1. The van der Waals surface area contributed by atoms with E-state index in [-0.39, 0.29) is 11.6 Å². The number of nitro groups is 1. The predicted molar refractivity (Wildman–Crippen MR) is 96.1 cm³/mol. The maximum atomic E-state index is 12.5. The number of benzene rings is 2. The van der Waals surface area contributed by atoms with Crippen LogP contribution in [0.3, 0.4) is 0 Å². The van der Waals surface area contributed by atoms with E-state index in [1.54, 1.807) is 19.1 Å². The highest BCUT2D eigenvalue weighted by Gasteiger charge is 2.34. The van der Waals surface area contributed by atoms with Crippen molar-refractivity contribution in [3.63, 3.8) is 0 Å². The van der Waals surface area contributed by atoms with Crippen molar-refractivity contribution >= 4 is 44.6 Å². The van der Waals surface area contributed by atoms with Crippen LogP contribution in [0, 0.1) is 10.1 Å². The number of nitrogens with zero attached hydrogens (tertiary/aromatic N) is 5. The SMILES string of the molecule is CC1=NN(c2ccccc2)C(=O)[C@H]1N=Nc1ccc([N+](=O)[O-])cc1Br. The lowest BCUT2D eigenvalue weighted by atomic mass is 10.2. The molecule has 1 amide bonds. The number of para-hydroxylation sites is 1. The lowest BCUT2D eigenvalue weighted by molar-refractivity contribution is -0.384. The van der Waals surface area contributed by atoms with E-state index in [4.69, 9.17) is 0 Å². The Morgan fingerprint density at radius 3 is 2.60 bits per heavy atom. The smallest absolute Gasteiger partial charge is 0.269 e. The van der Waals surface area contributed by atoms with E-state index in [0.717, 1.165) is 0 Å². The summed E-state index contributed by atoms with van der Waals surface area (Å²) >= 11 is 3.22. The van der Waals surface area contributed by atoms with Crippen LogP contribution in [0.1, 0.15) is 6.92 Å². The molecule has 1 atom stereocenters. The van der Waals surface area contributed by atoms with Gasteiger partial charge in [0, 0.05) is 12.1 Å². The first kappa shape index (κ1) is 16.9. The molecule has 2 aromatic rings. The molecule has 1 aliphatic heterocycles. The van der Waals surface area contributed by atoms with Gasteiger partial charge in [-0.25, -0.2) is 0 Å². The fourth-order valence-corrected chi connectivity index (χ4v) is 2.70. The molecule has 0 aromatic heterocycles. The molecule has 0 saturated heterocycles. The van der Waals surface area contributed by atoms with E-state index in [1.165, 1.54) is 23.2 Å². The molecule has 8 nitrogen and oxygen atoms in total. The summed E-state index contributed by atoms with van der Waals surface area (Å²) in [4.78, 5) is 22.8. The molecule has 0 unspecified atom stereocenters. The highest BCUT2D eigenvalue weighted by atomic mass is 79.9. The summed E-state index contributed by atoms with van der Waals surface area (Å²) in [7, 11) is 0. The Balaban J connectivity index is 1.82. The summed E-state index contributed by atoms with van der Waals surface area (Å²) in [6.45, 7) is 1.70. The Labute approximate surface area is 151 Å². The van der Waals surface area contributed by atoms with Crippen LogP contribution in [0.5, 0.6) is 0 Å². The van der Waals surface area contributed by atoms with Crippen LogP contribution in [0.2, 0.25) is 0 Å². The number of amides is 1. The van der Waals surface area contributed by atoms with Gasteiger partial charge in [0.05, 0.1) is 26.5 Å². The van der Waals surface area contributed by atoms with Gasteiger partial charge in [-0.15, -0.1) is 0 Å². The van der Waals surface area contributed by atoms with Crippen molar-refractivity contribution in [3.8, 4) is 0 Å². The second kappa shape index (κ2) is 6.89. The number of hydrogen-bond donors (Lipinski definition) is 0. The van der Waals surface area contributed by atoms with Gasteiger partial charge in [-0.3, -0.25) is 14.9 Å². The Morgan fingerprint density at radius 2 is 1.96 bits per heavy atom. The third-order valence-corrected chi connectivity index (χ3v) is 4.16. The third-order valence-electron chi connectivity index (χ3n) is 3.52. The zero-order chi connectivity index (χ0) is 18.0. The molecule has 0 fully saturated rings. The topological polar surface area (TPSA) is 101 Å². The average Bonchev–Trinajstić information content (AvgIpc) is 2.89. The largest absolute Gasteiger partial charge is 0.280 e. The van der Waals surface area contributed by atoms with Crippen molar-refractivity contribution in [1.29, 1.82) is 0 Å². The van der Waals surface area contributed by atoms with E-state index in [9.17, 15) is 14.9 Å². The lowest BCUT2D eigenvalue weighted by Crippen LogP contribution is -2.29. The molecule has 0 bridgehead atoms. The summed E-state index contributed by atoms with van der Waals surface area (Å²) in [5.41, 5.74) is 1.51.